The smallest absolute Gasteiger partial charge is 0.252 e. The Bertz CT molecular complexity index is 723. The van der Waals surface area contributed by atoms with E-state index in [4.69, 9.17) is 4.74 Å². The third-order valence-electron chi connectivity index (χ3n) is 5.11. The van der Waals surface area contributed by atoms with Gasteiger partial charge in [0.2, 0.25) is 0 Å². The molecule has 0 atom stereocenters. The largest absolute Gasteiger partial charge is 0.496 e. The van der Waals surface area contributed by atoms with Gasteiger partial charge in [-0.3, -0.25) is 4.79 Å². The van der Waals surface area contributed by atoms with E-state index in [0.29, 0.717) is 18.2 Å². The first kappa shape index (κ1) is 19.2. The fraction of sp³-hybridized carbons (Fsp3) is 0.455. The summed E-state index contributed by atoms with van der Waals surface area (Å²) in [5, 5.41) is 6.46. The Labute approximate surface area is 161 Å². The SMILES string of the molecule is COc1ccccc1CCNC(=O)c1ccc(NC2CCCCCC2)nc1. The van der Waals surface area contributed by atoms with Gasteiger partial charge in [-0.1, -0.05) is 43.9 Å². The molecule has 0 saturated heterocycles. The van der Waals surface area contributed by atoms with Crippen molar-refractivity contribution in [2.24, 2.45) is 0 Å². The van der Waals surface area contributed by atoms with Gasteiger partial charge in [0.05, 0.1) is 12.7 Å². The number of methoxy groups -OCH3 is 1. The van der Waals surface area contributed by atoms with Crippen LogP contribution in [0.5, 0.6) is 5.75 Å². The van der Waals surface area contributed by atoms with Crippen molar-refractivity contribution in [1.82, 2.24) is 10.3 Å². The first-order chi connectivity index (χ1) is 13.3. The summed E-state index contributed by atoms with van der Waals surface area (Å²) in [6.45, 7) is 0.557. The van der Waals surface area contributed by atoms with E-state index >= 15 is 0 Å². The Morgan fingerprint density at radius 1 is 1.11 bits per heavy atom. The molecule has 1 saturated carbocycles. The normalized spacial score (nSPS) is 15.0. The molecule has 0 aliphatic heterocycles. The van der Waals surface area contributed by atoms with Crippen LogP contribution in [0, 0.1) is 0 Å². The highest BCUT2D eigenvalue weighted by molar-refractivity contribution is 5.94. The molecule has 0 unspecified atom stereocenters. The monoisotopic (exact) mass is 367 g/mol. The maximum absolute atomic E-state index is 12.3. The predicted molar refractivity (Wildman–Crippen MR) is 108 cm³/mol. The molecule has 27 heavy (non-hydrogen) atoms. The third kappa shape index (κ3) is 5.71. The van der Waals surface area contributed by atoms with Gasteiger partial charge in [0.25, 0.3) is 5.91 Å². The molecular weight excluding hydrogens is 338 g/mol. The van der Waals surface area contributed by atoms with Gasteiger partial charge in [0.1, 0.15) is 11.6 Å². The maximum atomic E-state index is 12.3. The van der Waals surface area contributed by atoms with Crippen molar-refractivity contribution in [1.29, 1.82) is 0 Å². The van der Waals surface area contributed by atoms with Crippen molar-refractivity contribution in [3.05, 3.63) is 53.7 Å². The lowest BCUT2D eigenvalue weighted by molar-refractivity contribution is 0.0953. The van der Waals surface area contributed by atoms with Crippen molar-refractivity contribution in [2.45, 2.75) is 51.0 Å². The van der Waals surface area contributed by atoms with Crippen LogP contribution in [0.2, 0.25) is 0 Å². The number of benzene rings is 1. The van der Waals surface area contributed by atoms with Crippen LogP contribution in [-0.2, 0) is 6.42 Å². The second-order valence-electron chi connectivity index (χ2n) is 7.08. The van der Waals surface area contributed by atoms with Crippen LogP contribution in [0.3, 0.4) is 0 Å². The lowest BCUT2D eigenvalue weighted by atomic mass is 10.1. The number of rotatable bonds is 7. The molecule has 3 rings (SSSR count). The molecule has 0 bridgehead atoms. The predicted octanol–water partition coefficient (Wildman–Crippen LogP) is 4.20. The van der Waals surface area contributed by atoms with Crippen LogP contribution >= 0.6 is 0 Å². The molecule has 1 aromatic heterocycles. The molecule has 2 aromatic rings. The lowest BCUT2D eigenvalue weighted by Gasteiger charge is -2.16. The molecule has 0 spiro atoms. The number of hydrogen-bond donors (Lipinski definition) is 2. The van der Waals surface area contributed by atoms with E-state index in [9.17, 15) is 4.79 Å². The number of amides is 1. The Hall–Kier alpha value is -2.56. The van der Waals surface area contributed by atoms with Crippen LogP contribution in [0.25, 0.3) is 0 Å². The number of anilines is 1. The maximum Gasteiger partial charge on any atom is 0.252 e. The number of carbonyl (C=O) groups is 1. The van der Waals surface area contributed by atoms with Crippen LogP contribution in [0.4, 0.5) is 5.82 Å². The minimum absolute atomic E-state index is 0.0987. The molecule has 1 heterocycles. The van der Waals surface area contributed by atoms with E-state index in [0.717, 1.165) is 23.6 Å². The number of ether oxygens (including phenoxy) is 1. The van der Waals surface area contributed by atoms with Crippen molar-refractivity contribution < 1.29 is 9.53 Å². The number of nitrogens with zero attached hydrogens (tertiary/aromatic N) is 1. The molecule has 5 nitrogen and oxygen atoms in total. The van der Waals surface area contributed by atoms with Crippen molar-refractivity contribution in [2.75, 3.05) is 19.0 Å². The van der Waals surface area contributed by atoms with E-state index in [1.807, 2.05) is 36.4 Å². The van der Waals surface area contributed by atoms with Gasteiger partial charge in [-0.15, -0.1) is 0 Å². The summed E-state index contributed by atoms with van der Waals surface area (Å²) in [7, 11) is 1.66. The Morgan fingerprint density at radius 2 is 1.89 bits per heavy atom. The second kappa shape index (κ2) is 9.95. The lowest BCUT2D eigenvalue weighted by Crippen LogP contribution is -2.26. The molecule has 0 radical (unpaired) electrons. The Balaban J connectivity index is 1.48. The van der Waals surface area contributed by atoms with Crippen molar-refractivity contribution in [3.8, 4) is 5.75 Å². The van der Waals surface area contributed by atoms with E-state index in [2.05, 4.69) is 15.6 Å². The summed E-state index contributed by atoms with van der Waals surface area (Å²) in [6, 6.07) is 12.1. The van der Waals surface area contributed by atoms with Gasteiger partial charge in [-0.05, 0) is 43.0 Å². The molecule has 1 aromatic carbocycles. The van der Waals surface area contributed by atoms with Crippen LogP contribution in [0.15, 0.2) is 42.6 Å². The van der Waals surface area contributed by atoms with Crippen molar-refractivity contribution in [3.63, 3.8) is 0 Å². The second-order valence-corrected chi connectivity index (χ2v) is 7.08. The number of nitrogens with one attached hydrogen (secondary N) is 2. The number of hydrogen-bond acceptors (Lipinski definition) is 4. The van der Waals surface area contributed by atoms with Gasteiger partial charge in [-0.25, -0.2) is 4.98 Å². The van der Waals surface area contributed by atoms with Crippen LogP contribution in [-0.4, -0.2) is 30.6 Å². The third-order valence-corrected chi connectivity index (χ3v) is 5.11. The molecule has 1 amide bonds. The number of para-hydroxylation sites is 1. The van der Waals surface area contributed by atoms with Crippen LogP contribution < -0.4 is 15.4 Å². The topological polar surface area (TPSA) is 63.2 Å². The summed E-state index contributed by atoms with van der Waals surface area (Å²) in [5.74, 6) is 1.60. The quantitative estimate of drug-likeness (QED) is 0.720. The average molecular weight is 367 g/mol. The van der Waals surface area contributed by atoms with Crippen molar-refractivity contribution >= 4 is 11.7 Å². The Kier molecular flexibility index (Phi) is 7.08. The molecule has 2 N–H and O–H groups in total. The highest BCUT2D eigenvalue weighted by atomic mass is 16.5. The highest BCUT2D eigenvalue weighted by Gasteiger charge is 2.13. The van der Waals surface area contributed by atoms with Gasteiger partial charge in [-0.2, -0.15) is 0 Å². The minimum Gasteiger partial charge on any atom is -0.496 e. The fourth-order valence-electron chi connectivity index (χ4n) is 3.57. The summed E-state index contributed by atoms with van der Waals surface area (Å²) in [6.07, 6.45) is 10.0. The zero-order valence-corrected chi connectivity index (χ0v) is 16.0. The average Bonchev–Trinajstić information content (AvgIpc) is 2.97. The Morgan fingerprint density at radius 3 is 2.59 bits per heavy atom. The number of carbonyl (C=O) groups excluding carboxylic acids is 1. The molecule has 1 aliphatic carbocycles. The highest BCUT2D eigenvalue weighted by Crippen LogP contribution is 2.20. The van der Waals surface area contributed by atoms with Crippen LogP contribution in [0.1, 0.15) is 54.4 Å². The summed E-state index contributed by atoms with van der Waals surface area (Å²) < 4.78 is 5.34. The van der Waals surface area contributed by atoms with Gasteiger partial charge >= 0.3 is 0 Å². The van der Waals surface area contributed by atoms with Gasteiger partial charge < -0.3 is 15.4 Å². The number of pyridine rings is 1. The molecular formula is C22H29N3O2. The van der Waals surface area contributed by atoms with E-state index in [1.165, 1.54) is 38.5 Å². The number of aromatic nitrogens is 1. The standard InChI is InChI=1S/C22H29N3O2/c1-27-20-11-7-6-8-17(20)14-15-23-22(26)18-12-13-21(24-16-18)25-19-9-4-2-3-5-10-19/h6-8,11-13,16,19H,2-5,9-10,14-15H2,1H3,(H,23,26)(H,24,25). The molecule has 1 fully saturated rings. The van der Waals surface area contributed by atoms with E-state index in [-0.39, 0.29) is 5.91 Å². The molecule has 5 heteroatoms. The fourth-order valence-corrected chi connectivity index (χ4v) is 3.57. The minimum atomic E-state index is -0.0987. The molecule has 1 aliphatic rings. The first-order valence-electron chi connectivity index (χ1n) is 9.89. The zero-order valence-electron chi connectivity index (χ0n) is 16.0. The first-order valence-corrected chi connectivity index (χ1v) is 9.89. The summed E-state index contributed by atoms with van der Waals surface area (Å²) in [4.78, 5) is 16.8. The van der Waals surface area contributed by atoms with E-state index in [1.54, 1.807) is 13.3 Å². The van der Waals surface area contributed by atoms with Gasteiger partial charge in [0.15, 0.2) is 0 Å². The summed E-state index contributed by atoms with van der Waals surface area (Å²) >= 11 is 0. The van der Waals surface area contributed by atoms with Gasteiger partial charge in [0, 0.05) is 18.8 Å². The molecule has 144 valence electrons. The summed E-state index contributed by atoms with van der Waals surface area (Å²) in [5.41, 5.74) is 1.67. The van der Waals surface area contributed by atoms with E-state index < -0.39 is 0 Å². The zero-order chi connectivity index (χ0) is 18.9.